The van der Waals surface area contributed by atoms with E-state index in [1.54, 1.807) is 6.07 Å². The molecule has 1 aromatic carbocycles. The van der Waals surface area contributed by atoms with Gasteiger partial charge in [0.2, 0.25) is 10.0 Å². The topological polar surface area (TPSA) is 49.4 Å². The molecule has 1 N–H and O–H groups in total. The van der Waals surface area contributed by atoms with Crippen LogP contribution in [0.15, 0.2) is 27.6 Å². The van der Waals surface area contributed by atoms with E-state index in [4.69, 9.17) is 0 Å². The van der Waals surface area contributed by atoms with Crippen LogP contribution in [0.1, 0.15) is 24.8 Å². The van der Waals surface area contributed by atoms with Crippen LogP contribution in [-0.4, -0.2) is 39.5 Å². The van der Waals surface area contributed by atoms with Gasteiger partial charge in [-0.1, -0.05) is 6.07 Å². The third-order valence-electron chi connectivity index (χ3n) is 4.20. The molecule has 1 fully saturated rings. The summed E-state index contributed by atoms with van der Waals surface area (Å²) < 4.78 is 28.2. The zero-order valence-electron chi connectivity index (χ0n) is 12.1. The number of benzene rings is 1. The summed E-state index contributed by atoms with van der Waals surface area (Å²) in [6.07, 6.45) is 3.24. The van der Waals surface area contributed by atoms with Crippen molar-refractivity contribution in [1.29, 1.82) is 0 Å². The van der Waals surface area contributed by atoms with Gasteiger partial charge in [-0.05, 0) is 73.9 Å². The number of hydrogen-bond acceptors (Lipinski definition) is 3. The van der Waals surface area contributed by atoms with Gasteiger partial charge in [0, 0.05) is 16.6 Å². The summed E-state index contributed by atoms with van der Waals surface area (Å²) >= 11 is 3.33. The van der Waals surface area contributed by atoms with E-state index in [9.17, 15) is 8.42 Å². The van der Waals surface area contributed by atoms with Crippen LogP contribution >= 0.6 is 15.9 Å². The molecule has 1 aromatic rings. The number of hydrogen-bond donors (Lipinski definition) is 1. The van der Waals surface area contributed by atoms with Gasteiger partial charge in [-0.15, -0.1) is 0 Å². The fourth-order valence-electron chi connectivity index (χ4n) is 2.50. The minimum atomic E-state index is -3.47. The molecular formula is C14H21BrN2O2S. The van der Waals surface area contributed by atoms with Gasteiger partial charge < -0.3 is 4.90 Å². The molecule has 0 aliphatic heterocycles. The molecule has 1 aliphatic carbocycles. The van der Waals surface area contributed by atoms with Crippen molar-refractivity contribution < 1.29 is 8.42 Å². The number of sulfonamides is 1. The number of likely N-dealkylation sites (N-methyl/N-ethyl adjacent to an activating group) is 1. The second-order valence-corrected chi connectivity index (χ2v) is 8.32. The monoisotopic (exact) mass is 360 g/mol. The van der Waals surface area contributed by atoms with Crippen LogP contribution in [-0.2, 0) is 10.0 Å². The summed E-state index contributed by atoms with van der Waals surface area (Å²) in [7, 11) is 0.544. The molecule has 0 spiro atoms. The first-order valence-electron chi connectivity index (χ1n) is 6.70. The van der Waals surface area contributed by atoms with Crippen LogP contribution in [0.5, 0.6) is 0 Å². The van der Waals surface area contributed by atoms with Crippen molar-refractivity contribution in [2.45, 2.75) is 36.6 Å². The van der Waals surface area contributed by atoms with E-state index in [1.165, 1.54) is 0 Å². The molecule has 0 saturated heterocycles. The number of halogens is 1. The minimum Gasteiger partial charge on any atom is -0.302 e. The molecule has 0 radical (unpaired) electrons. The smallest absolute Gasteiger partial charge is 0.241 e. The van der Waals surface area contributed by atoms with Crippen molar-refractivity contribution in [1.82, 2.24) is 9.62 Å². The van der Waals surface area contributed by atoms with Crippen molar-refractivity contribution in [3.63, 3.8) is 0 Å². The second-order valence-electron chi connectivity index (χ2n) is 5.73. The standard InChI is InChI=1S/C14H21BrN2O2S/c1-11-5-6-13(12(15)9-11)20(18,19)16-10-14(17(2)3)7-4-8-14/h5-6,9,16H,4,7-8,10H2,1-3H3. The molecule has 0 unspecified atom stereocenters. The third kappa shape index (κ3) is 3.08. The van der Waals surface area contributed by atoms with Gasteiger partial charge in [0.15, 0.2) is 0 Å². The Labute approximate surface area is 129 Å². The molecule has 1 aliphatic rings. The van der Waals surface area contributed by atoms with Gasteiger partial charge in [-0.2, -0.15) is 0 Å². The van der Waals surface area contributed by atoms with Gasteiger partial charge in [-0.25, -0.2) is 13.1 Å². The Balaban J connectivity index is 2.15. The SMILES string of the molecule is Cc1ccc(S(=O)(=O)NCC2(N(C)C)CCC2)c(Br)c1. The highest BCUT2D eigenvalue weighted by Gasteiger charge is 2.39. The lowest BCUT2D eigenvalue weighted by atomic mass is 9.76. The predicted molar refractivity (Wildman–Crippen MR) is 84.3 cm³/mol. The molecule has 112 valence electrons. The maximum absolute atomic E-state index is 12.4. The average molecular weight is 361 g/mol. The summed E-state index contributed by atoms with van der Waals surface area (Å²) in [6, 6.07) is 5.27. The van der Waals surface area contributed by atoms with Crippen molar-refractivity contribution in [2.75, 3.05) is 20.6 Å². The van der Waals surface area contributed by atoms with Gasteiger partial charge in [0.05, 0.1) is 4.90 Å². The van der Waals surface area contributed by atoms with Gasteiger partial charge >= 0.3 is 0 Å². The number of aryl methyl sites for hydroxylation is 1. The minimum absolute atomic E-state index is 0.0236. The van der Waals surface area contributed by atoms with E-state index in [0.29, 0.717) is 15.9 Å². The van der Waals surface area contributed by atoms with Gasteiger partial charge in [0.1, 0.15) is 0 Å². The third-order valence-corrected chi connectivity index (χ3v) is 6.58. The van der Waals surface area contributed by atoms with Crippen LogP contribution < -0.4 is 4.72 Å². The Morgan fingerprint density at radius 1 is 1.35 bits per heavy atom. The lowest BCUT2D eigenvalue weighted by molar-refractivity contribution is 0.0657. The van der Waals surface area contributed by atoms with E-state index in [0.717, 1.165) is 24.8 Å². The first-order chi connectivity index (χ1) is 9.27. The zero-order chi connectivity index (χ0) is 15.0. The highest BCUT2D eigenvalue weighted by Crippen LogP contribution is 2.36. The molecule has 1 saturated carbocycles. The summed E-state index contributed by atoms with van der Waals surface area (Å²) in [6.45, 7) is 2.40. The fraction of sp³-hybridized carbons (Fsp3) is 0.571. The largest absolute Gasteiger partial charge is 0.302 e. The fourth-order valence-corrected chi connectivity index (χ4v) is 4.81. The first kappa shape index (κ1) is 15.9. The van der Waals surface area contributed by atoms with E-state index in [-0.39, 0.29) is 5.54 Å². The van der Waals surface area contributed by atoms with E-state index < -0.39 is 10.0 Å². The zero-order valence-corrected chi connectivity index (χ0v) is 14.5. The van der Waals surface area contributed by atoms with E-state index in [2.05, 4.69) is 25.6 Å². The van der Waals surface area contributed by atoms with Crippen LogP contribution in [0.2, 0.25) is 0 Å². The molecule has 0 atom stereocenters. The maximum Gasteiger partial charge on any atom is 0.241 e. The molecule has 0 amide bonds. The maximum atomic E-state index is 12.4. The van der Waals surface area contributed by atoms with Crippen LogP contribution in [0.25, 0.3) is 0 Å². The Morgan fingerprint density at radius 2 is 2.00 bits per heavy atom. The van der Waals surface area contributed by atoms with Crippen molar-refractivity contribution in [3.05, 3.63) is 28.2 Å². The van der Waals surface area contributed by atoms with Gasteiger partial charge in [-0.3, -0.25) is 0 Å². The first-order valence-corrected chi connectivity index (χ1v) is 8.98. The molecular weight excluding hydrogens is 340 g/mol. The summed E-state index contributed by atoms with van der Waals surface area (Å²) in [5.74, 6) is 0. The predicted octanol–water partition coefficient (Wildman–Crippen LogP) is 2.52. The highest BCUT2D eigenvalue weighted by molar-refractivity contribution is 9.10. The lowest BCUT2D eigenvalue weighted by Crippen LogP contribution is -2.57. The molecule has 2 rings (SSSR count). The summed E-state index contributed by atoms with van der Waals surface area (Å²) in [4.78, 5) is 2.43. The second kappa shape index (κ2) is 5.75. The average Bonchev–Trinajstić information content (AvgIpc) is 2.25. The summed E-state index contributed by atoms with van der Waals surface area (Å²) in [5.41, 5.74) is 1.00. The van der Waals surface area contributed by atoms with Gasteiger partial charge in [0.25, 0.3) is 0 Å². The molecule has 0 bridgehead atoms. The molecule has 0 heterocycles. The van der Waals surface area contributed by atoms with Crippen LogP contribution in [0.3, 0.4) is 0 Å². The van der Waals surface area contributed by atoms with E-state index in [1.807, 2.05) is 33.2 Å². The van der Waals surface area contributed by atoms with Crippen molar-refractivity contribution in [3.8, 4) is 0 Å². The Kier molecular flexibility index (Phi) is 4.59. The van der Waals surface area contributed by atoms with Crippen LogP contribution in [0.4, 0.5) is 0 Å². The van der Waals surface area contributed by atoms with E-state index >= 15 is 0 Å². The molecule has 4 nitrogen and oxygen atoms in total. The normalized spacial score (nSPS) is 18.1. The highest BCUT2D eigenvalue weighted by atomic mass is 79.9. The number of nitrogens with zero attached hydrogens (tertiary/aromatic N) is 1. The Morgan fingerprint density at radius 3 is 2.45 bits per heavy atom. The quantitative estimate of drug-likeness (QED) is 0.877. The number of rotatable bonds is 5. The lowest BCUT2D eigenvalue weighted by Gasteiger charge is -2.47. The molecule has 0 aromatic heterocycles. The Hall–Kier alpha value is -0.430. The molecule has 20 heavy (non-hydrogen) atoms. The summed E-state index contributed by atoms with van der Waals surface area (Å²) in [5, 5.41) is 0. The Bertz CT molecular complexity index is 595. The van der Waals surface area contributed by atoms with Crippen LogP contribution in [0, 0.1) is 6.92 Å². The van der Waals surface area contributed by atoms with Crippen molar-refractivity contribution >= 4 is 26.0 Å². The number of nitrogens with one attached hydrogen (secondary N) is 1. The molecule has 6 heteroatoms. The van der Waals surface area contributed by atoms with Crippen molar-refractivity contribution in [2.24, 2.45) is 0 Å².